The highest BCUT2D eigenvalue weighted by Crippen LogP contribution is 2.25. The number of fused-ring (bicyclic) bond motifs is 2. The lowest BCUT2D eigenvalue weighted by molar-refractivity contribution is 0.288. The number of piperidine rings is 1. The van der Waals surface area contributed by atoms with Crippen molar-refractivity contribution in [3.8, 4) is 11.3 Å². The highest BCUT2D eigenvalue weighted by Gasteiger charge is 2.22. The van der Waals surface area contributed by atoms with E-state index in [-0.39, 0.29) is 11.6 Å². The van der Waals surface area contributed by atoms with Gasteiger partial charge in [0.1, 0.15) is 0 Å². The fraction of sp³-hybridized carbons (Fsp3) is 0.364. The minimum atomic E-state index is -0.0158. The van der Waals surface area contributed by atoms with E-state index in [0.717, 1.165) is 52.9 Å². The summed E-state index contributed by atoms with van der Waals surface area (Å²) in [6.07, 6.45) is 5.57. The molecule has 2 atom stereocenters. The number of benzene rings is 1. The van der Waals surface area contributed by atoms with Crippen LogP contribution in [0.5, 0.6) is 0 Å². The van der Waals surface area contributed by atoms with Gasteiger partial charge in [0.15, 0.2) is 5.65 Å². The molecular weight excluding hydrogens is 364 g/mol. The van der Waals surface area contributed by atoms with Gasteiger partial charge in [-0.15, -0.1) is 0 Å². The molecule has 0 aliphatic carbocycles. The Balaban J connectivity index is 1.58. The molecular formula is C22H24N6O. The van der Waals surface area contributed by atoms with E-state index < -0.39 is 0 Å². The van der Waals surface area contributed by atoms with Gasteiger partial charge in [-0.3, -0.25) is 4.79 Å². The van der Waals surface area contributed by atoms with Crippen molar-refractivity contribution in [3.63, 3.8) is 0 Å². The van der Waals surface area contributed by atoms with Gasteiger partial charge in [-0.25, -0.2) is 14.2 Å². The Labute approximate surface area is 168 Å². The van der Waals surface area contributed by atoms with Gasteiger partial charge in [-0.1, -0.05) is 6.07 Å². The summed E-state index contributed by atoms with van der Waals surface area (Å²) in [4.78, 5) is 17.6. The standard InChI is InChI=1S/C22H24N6O/c1-13-8-20(26-27-12-15(3)25-21(13)27)16-4-5-19-17(10-16)11-24-28(22(19)29)18-6-7-23-14(2)9-18/h4-5,8,10-12,14,18,23H,6-7,9H2,1-3H3. The van der Waals surface area contributed by atoms with Crippen LogP contribution in [0.1, 0.15) is 37.1 Å². The third-order valence-electron chi connectivity index (χ3n) is 5.78. The molecule has 3 aromatic heterocycles. The zero-order valence-corrected chi connectivity index (χ0v) is 16.9. The van der Waals surface area contributed by atoms with Crippen LogP contribution >= 0.6 is 0 Å². The molecule has 0 spiro atoms. The van der Waals surface area contributed by atoms with Gasteiger partial charge in [0.05, 0.1) is 35.2 Å². The quantitative estimate of drug-likeness (QED) is 0.571. The first-order valence-electron chi connectivity index (χ1n) is 10.1. The van der Waals surface area contributed by atoms with Gasteiger partial charge < -0.3 is 5.32 Å². The van der Waals surface area contributed by atoms with Crippen LogP contribution in [0.25, 0.3) is 27.7 Å². The van der Waals surface area contributed by atoms with Gasteiger partial charge in [-0.05, 0) is 63.9 Å². The second-order valence-corrected chi connectivity index (χ2v) is 8.09. The number of aromatic nitrogens is 5. The summed E-state index contributed by atoms with van der Waals surface area (Å²) in [6.45, 7) is 7.06. The molecule has 7 heteroatoms. The first-order valence-corrected chi connectivity index (χ1v) is 10.1. The lowest BCUT2D eigenvalue weighted by Gasteiger charge is -2.28. The maximum Gasteiger partial charge on any atom is 0.274 e. The van der Waals surface area contributed by atoms with E-state index in [1.807, 2.05) is 48.8 Å². The summed E-state index contributed by atoms with van der Waals surface area (Å²) >= 11 is 0. The average molecular weight is 388 g/mol. The maximum atomic E-state index is 13.1. The van der Waals surface area contributed by atoms with Crippen molar-refractivity contribution in [2.24, 2.45) is 0 Å². The molecule has 0 amide bonds. The van der Waals surface area contributed by atoms with Crippen molar-refractivity contribution in [1.29, 1.82) is 0 Å². The first-order chi connectivity index (χ1) is 14.0. The zero-order chi connectivity index (χ0) is 20.1. The van der Waals surface area contributed by atoms with Crippen LogP contribution in [0.4, 0.5) is 0 Å². The fourth-order valence-corrected chi connectivity index (χ4v) is 4.30. The summed E-state index contributed by atoms with van der Waals surface area (Å²) in [7, 11) is 0. The normalized spacial score (nSPS) is 19.8. The van der Waals surface area contributed by atoms with Crippen molar-refractivity contribution in [3.05, 3.63) is 58.3 Å². The molecule has 1 aliphatic heterocycles. The van der Waals surface area contributed by atoms with Crippen molar-refractivity contribution in [2.45, 2.75) is 45.7 Å². The summed E-state index contributed by atoms with van der Waals surface area (Å²) in [5.74, 6) is 0. The smallest absolute Gasteiger partial charge is 0.274 e. The van der Waals surface area contributed by atoms with E-state index >= 15 is 0 Å². The van der Waals surface area contributed by atoms with Crippen LogP contribution in [-0.4, -0.2) is 37.0 Å². The largest absolute Gasteiger partial charge is 0.314 e. The summed E-state index contributed by atoms with van der Waals surface area (Å²) in [5.41, 5.74) is 4.67. The van der Waals surface area contributed by atoms with Crippen LogP contribution < -0.4 is 10.9 Å². The molecule has 0 radical (unpaired) electrons. The van der Waals surface area contributed by atoms with E-state index in [1.54, 1.807) is 10.9 Å². The molecule has 4 heterocycles. The molecule has 148 valence electrons. The Kier molecular flexibility index (Phi) is 4.20. The van der Waals surface area contributed by atoms with E-state index in [0.29, 0.717) is 11.4 Å². The Bertz CT molecular complexity index is 1290. The predicted octanol–water partition coefficient (Wildman–Crippen LogP) is 3.04. The number of hydrogen-bond donors (Lipinski definition) is 1. The maximum absolute atomic E-state index is 13.1. The second kappa shape index (κ2) is 6.77. The van der Waals surface area contributed by atoms with E-state index in [4.69, 9.17) is 5.10 Å². The number of hydrogen-bond acceptors (Lipinski definition) is 5. The molecule has 1 aliphatic rings. The highest BCUT2D eigenvalue weighted by molar-refractivity contribution is 5.85. The monoisotopic (exact) mass is 388 g/mol. The summed E-state index contributed by atoms with van der Waals surface area (Å²) < 4.78 is 3.49. The topological polar surface area (TPSA) is 77.1 Å². The van der Waals surface area contributed by atoms with Gasteiger partial charge in [0, 0.05) is 17.0 Å². The van der Waals surface area contributed by atoms with Crippen LogP contribution in [0.15, 0.2) is 41.5 Å². The number of nitrogens with one attached hydrogen (secondary N) is 1. The SMILES string of the molecule is Cc1cn2nc(-c3ccc4c(=O)n(C5CCNC(C)C5)ncc4c3)cc(C)c2n1. The van der Waals surface area contributed by atoms with E-state index in [1.165, 1.54) is 0 Å². The Hall–Kier alpha value is -3.06. The van der Waals surface area contributed by atoms with Crippen LogP contribution in [0.2, 0.25) is 0 Å². The molecule has 1 aromatic carbocycles. The highest BCUT2D eigenvalue weighted by atomic mass is 16.1. The fourth-order valence-electron chi connectivity index (χ4n) is 4.30. The molecule has 4 aromatic rings. The molecule has 29 heavy (non-hydrogen) atoms. The lowest BCUT2D eigenvalue weighted by Crippen LogP contribution is -2.40. The van der Waals surface area contributed by atoms with Crippen LogP contribution in [0.3, 0.4) is 0 Å². The predicted molar refractivity (Wildman–Crippen MR) is 113 cm³/mol. The third kappa shape index (κ3) is 3.11. The summed E-state index contributed by atoms with van der Waals surface area (Å²) in [5, 5.41) is 14.2. The first kappa shape index (κ1) is 18.0. The molecule has 1 fully saturated rings. The minimum Gasteiger partial charge on any atom is -0.314 e. The van der Waals surface area contributed by atoms with Gasteiger partial charge in [-0.2, -0.15) is 10.2 Å². The Morgan fingerprint density at radius 3 is 2.90 bits per heavy atom. The van der Waals surface area contributed by atoms with Crippen molar-refractivity contribution in [2.75, 3.05) is 6.54 Å². The summed E-state index contributed by atoms with van der Waals surface area (Å²) in [6, 6.07) is 8.45. The number of rotatable bonds is 2. The Morgan fingerprint density at radius 1 is 1.21 bits per heavy atom. The zero-order valence-electron chi connectivity index (χ0n) is 16.9. The average Bonchev–Trinajstić information content (AvgIpc) is 3.09. The third-order valence-corrected chi connectivity index (χ3v) is 5.78. The van der Waals surface area contributed by atoms with Gasteiger partial charge in [0.2, 0.25) is 0 Å². The number of nitrogens with zero attached hydrogens (tertiary/aromatic N) is 5. The molecule has 2 unspecified atom stereocenters. The molecule has 1 saturated heterocycles. The molecule has 0 bridgehead atoms. The van der Waals surface area contributed by atoms with Crippen molar-refractivity contribution in [1.82, 2.24) is 29.7 Å². The van der Waals surface area contributed by atoms with E-state index in [9.17, 15) is 4.79 Å². The van der Waals surface area contributed by atoms with Gasteiger partial charge in [0.25, 0.3) is 5.56 Å². The van der Waals surface area contributed by atoms with E-state index in [2.05, 4.69) is 22.3 Å². The Morgan fingerprint density at radius 2 is 2.07 bits per heavy atom. The number of imidazole rings is 1. The minimum absolute atomic E-state index is 0.0158. The second-order valence-electron chi connectivity index (χ2n) is 8.09. The lowest BCUT2D eigenvalue weighted by atomic mass is 10.0. The van der Waals surface area contributed by atoms with Crippen molar-refractivity contribution < 1.29 is 0 Å². The van der Waals surface area contributed by atoms with Gasteiger partial charge >= 0.3 is 0 Å². The van der Waals surface area contributed by atoms with Crippen molar-refractivity contribution >= 4 is 16.4 Å². The van der Waals surface area contributed by atoms with Crippen LogP contribution in [-0.2, 0) is 0 Å². The number of aryl methyl sites for hydroxylation is 2. The molecule has 1 N–H and O–H groups in total. The van der Waals surface area contributed by atoms with Crippen LogP contribution in [0, 0.1) is 13.8 Å². The molecule has 7 nitrogen and oxygen atoms in total. The molecule has 0 saturated carbocycles. The molecule has 5 rings (SSSR count).